The molecule has 0 spiro atoms. The monoisotopic (exact) mass is 525 g/mol. The highest BCUT2D eigenvalue weighted by atomic mass is 79.9. The molecule has 172 valence electrons. The van der Waals surface area contributed by atoms with Gasteiger partial charge in [0.2, 0.25) is 0 Å². The third-order valence-corrected chi connectivity index (χ3v) is 5.62. The van der Waals surface area contributed by atoms with Crippen LogP contribution in [0.1, 0.15) is 5.56 Å². The van der Waals surface area contributed by atoms with Gasteiger partial charge < -0.3 is 15.4 Å². The minimum atomic E-state index is -0.492. The Morgan fingerprint density at radius 1 is 0.886 bits per heavy atom. The van der Waals surface area contributed by atoms with Crippen LogP contribution in [0.3, 0.4) is 0 Å². The number of carbonyl (C=O) groups is 2. The summed E-state index contributed by atoms with van der Waals surface area (Å²) in [6, 6.07) is 29.3. The first kappa shape index (κ1) is 23.7. The number of nitriles is 1. The van der Waals surface area contributed by atoms with Crippen LogP contribution in [0, 0.1) is 11.3 Å². The van der Waals surface area contributed by atoms with E-state index in [9.17, 15) is 14.9 Å². The van der Waals surface area contributed by atoms with E-state index >= 15 is 0 Å². The van der Waals surface area contributed by atoms with Gasteiger partial charge in [-0.05, 0) is 59.5 Å². The first-order valence-corrected chi connectivity index (χ1v) is 11.5. The summed E-state index contributed by atoms with van der Waals surface area (Å²) in [7, 11) is 0. The van der Waals surface area contributed by atoms with E-state index in [0.29, 0.717) is 22.7 Å². The van der Waals surface area contributed by atoms with E-state index in [0.717, 1.165) is 15.2 Å². The van der Waals surface area contributed by atoms with Crippen LogP contribution >= 0.6 is 15.9 Å². The summed E-state index contributed by atoms with van der Waals surface area (Å²) >= 11 is 3.35. The molecule has 0 unspecified atom stereocenters. The third kappa shape index (κ3) is 6.34. The zero-order valence-corrected chi connectivity index (χ0v) is 20.1. The van der Waals surface area contributed by atoms with Crippen LogP contribution in [-0.4, -0.2) is 18.4 Å². The van der Waals surface area contributed by atoms with Crippen molar-refractivity contribution < 1.29 is 14.3 Å². The second-order valence-corrected chi connectivity index (χ2v) is 8.48. The number of benzene rings is 4. The lowest BCUT2D eigenvalue weighted by Crippen LogP contribution is -2.20. The maximum absolute atomic E-state index is 12.7. The molecule has 7 heteroatoms. The second-order valence-electron chi connectivity index (χ2n) is 7.56. The van der Waals surface area contributed by atoms with E-state index < -0.39 is 5.91 Å². The van der Waals surface area contributed by atoms with E-state index in [-0.39, 0.29) is 18.1 Å². The van der Waals surface area contributed by atoms with Gasteiger partial charge in [0.15, 0.2) is 6.61 Å². The molecule has 0 heterocycles. The van der Waals surface area contributed by atoms with Crippen molar-refractivity contribution in [2.24, 2.45) is 0 Å². The van der Waals surface area contributed by atoms with Gasteiger partial charge in [-0.2, -0.15) is 5.26 Å². The highest BCUT2D eigenvalue weighted by molar-refractivity contribution is 9.10. The van der Waals surface area contributed by atoms with Crippen LogP contribution in [0.2, 0.25) is 0 Å². The number of nitrogens with one attached hydrogen (secondary N) is 2. The molecule has 2 N–H and O–H groups in total. The van der Waals surface area contributed by atoms with Crippen molar-refractivity contribution in [2.45, 2.75) is 0 Å². The predicted molar refractivity (Wildman–Crippen MR) is 141 cm³/mol. The summed E-state index contributed by atoms with van der Waals surface area (Å²) < 4.78 is 6.45. The van der Waals surface area contributed by atoms with E-state index in [1.807, 2.05) is 54.6 Å². The zero-order valence-electron chi connectivity index (χ0n) is 18.5. The summed E-state index contributed by atoms with van der Waals surface area (Å²) in [5.41, 5.74) is 1.94. The van der Waals surface area contributed by atoms with E-state index in [2.05, 4.69) is 26.6 Å². The highest BCUT2D eigenvalue weighted by Gasteiger charge is 2.11. The number of ether oxygens (including phenoxy) is 1. The Labute approximate surface area is 211 Å². The number of hydrogen-bond donors (Lipinski definition) is 2. The van der Waals surface area contributed by atoms with Gasteiger partial charge >= 0.3 is 0 Å². The van der Waals surface area contributed by atoms with Crippen molar-refractivity contribution >= 4 is 56.0 Å². The fourth-order valence-corrected chi connectivity index (χ4v) is 3.64. The van der Waals surface area contributed by atoms with Gasteiger partial charge in [-0.3, -0.25) is 9.59 Å². The molecule has 35 heavy (non-hydrogen) atoms. The van der Waals surface area contributed by atoms with Gasteiger partial charge in [-0.1, -0.05) is 64.5 Å². The van der Waals surface area contributed by atoms with Crippen molar-refractivity contribution in [3.05, 3.63) is 107 Å². The van der Waals surface area contributed by atoms with Crippen LogP contribution in [0.4, 0.5) is 11.4 Å². The summed E-state index contributed by atoms with van der Waals surface area (Å²) in [6.07, 6.45) is 1.50. The Morgan fingerprint density at radius 3 is 2.34 bits per heavy atom. The molecule has 4 rings (SSSR count). The SMILES string of the molecule is N#C/C(=C\c1ccc(OCC(=O)Nc2ccc(Br)cc2)cc1)C(=O)Nc1cccc2ccccc12. The molecule has 0 radical (unpaired) electrons. The lowest BCUT2D eigenvalue weighted by Gasteiger charge is -2.09. The third-order valence-electron chi connectivity index (χ3n) is 5.09. The molecule has 0 fully saturated rings. The van der Waals surface area contributed by atoms with Crippen LogP contribution < -0.4 is 15.4 Å². The summed E-state index contributed by atoms with van der Waals surface area (Å²) in [6.45, 7) is -0.151. The first-order chi connectivity index (χ1) is 17.0. The molecule has 0 bridgehead atoms. The molecular formula is C28H20BrN3O3. The summed E-state index contributed by atoms with van der Waals surface area (Å²) in [5, 5.41) is 17.0. The highest BCUT2D eigenvalue weighted by Crippen LogP contribution is 2.24. The smallest absolute Gasteiger partial charge is 0.266 e. The standard InChI is InChI=1S/C28H20BrN3O3/c29-22-10-12-23(13-11-22)31-27(33)18-35-24-14-8-19(9-15-24)16-21(17-30)28(34)32-26-7-3-5-20-4-1-2-6-25(20)26/h1-16H,18H2,(H,31,33)(H,32,34)/b21-16+. The molecule has 0 saturated heterocycles. The van der Waals surface area contributed by atoms with Crippen molar-refractivity contribution in [3.8, 4) is 11.8 Å². The van der Waals surface area contributed by atoms with Crippen LogP contribution in [0.25, 0.3) is 16.8 Å². The number of nitrogens with zero attached hydrogens (tertiary/aromatic N) is 1. The zero-order chi connectivity index (χ0) is 24.6. The van der Waals surface area contributed by atoms with Crippen LogP contribution in [0.5, 0.6) is 5.75 Å². The number of rotatable bonds is 7. The maximum Gasteiger partial charge on any atom is 0.266 e. The Hall–Kier alpha value is -4.41. The average molecular weight is 526 g/mol. The number of amides is 2. The second kappa shape index (κ2) is 11.1. The molecule has 2 amide bonds. The number of carbonyl (C=O) groups excluding carboxylic acids is 2. The molecule has 0 aromatic heterocycles. The Morgan fingerprint density at radius 2 is 1.60 bits per heavy atom. The van der Waals surface area contributed by atoms with Crippen molar-refractivity contribution in [1.82, 2.24) is 0 Å². The Bertz CT molecular complexity index is 1430. The molecule has 0 aliphatic carbocycles. The molecule has 4 aromatic rings. The predicted octanol–water partition coefficient (Wildman–Crippen LogP) is 6.17. The van der Waals surface area contributed by atoms with Crippen molar-refractivity contribution in [1.29, 1.82) is 5.26 Å². The van der Waals surface area contributed by atoms with Gasteiger partial charge in [0.1, 0.15) is 17.4 Å². The fraction of sp³-hybridized carbons (Fsp3) is 0.0357. The maximum atomic E-state index is 12.7. The largest absolute Gasteiger partial charge is 0.484 e. The first-order valence-electron chi connectivity index (χ1n) is 10.7. The number of fused-ring (bicyclic) bond motifs is 1. The van der Waals surface area contributed by atoms with Gasteiger partial charge in [-0.15, -0.1) is 0 Å². The summed E-state index contributed by atoms with van der Waals surface area (Å²) in [4.78, 5) is 24.8. The number of anilines is 2. The average Bonchev–Trinajstić information content (AvgIpc) is 2.88. The quantitative estimate of drug-likeness (QED) is 0.223. The molecule has 4 aromatic carbocycles. The van der Waals surface area contributed by atoms with Gasteiger partial charge in [0.05, 0.1) is 0 Å². The van der Waals surface area contributed by atoms with E-state index in [1.165, 1.54) is 6.08 Å². The van der Waals surface area contributed by atoms with Crippen LogP contribution in [-0.2, 0) is 9.59 Å². The van der Waals surface area contributed by atoms with E-state index in [4.69, 9.17) is 4.74 Å². The van der Waals surface area contributed by atoms with Gasteiger partial charge in [0.25, 0.3) is 11.8 Å². The fourth-order valence-electron chi connectivity index (χ4n) is 3.38. The Kier molecular flexibility index (Phi) is 7.56. The Balaban J connectivity index is 1.37. The normalized spacial score (nSPS) is 10.9. The van der Waals surface area contributed by atoms with Crippen molar-refractivity contribution in [3.63, 3.8) is 0 Å². The minimum Gasteiger partial charge on any atom is -0.484 e. The molecule has 0 atom stereocenters. The molecule has 6 nitrogen and oxygen atoms in total. The molecule has 0 aliphatic rings. The lowest BCUT2D eigenvalue weighted by atomic mass is 10.1. The van der Waals surface area contributed by atoms with Crippen LogP contribution in [0.15, 0.2) is 101 Å². The number of hydrogen-bond acceptors (Lipinski definition) is 4. The van der Waals surface area contributed by atoms with Gasteiger partial charge in [0, 0.05) is 21.2 Å². The summed E-state index contributed by atoms with van der Waals surface area (Å²) in [5.74, 6) is -0.284. The van der Waals surface area contributed by atoms with E-state index in [1.54, 1.807) is 42.5 Å². The molecular weight excluding hydrogens is 506 g/mol. The van der Waals surface area contributed by atoms with Crippen molar-refractivity contribution in [2.75, 3.05) is 17.2 Å². The lowest BCUT2D eigenvalue weighted by molar-refractivity contribution is -0.118. The van der Waals surface area contributed by atoms with Gasteiger partial charge in [-0.25, -0.2) is 0 Å². The molecule has 0 saturated carbocycles. The topological polar surface area (TPSA) is 91.2 Å². The molecule has 0 aliphatic heterocycles. The number of halogens is 1. The minimum absolute atomic E-state index is 0.0273.